The van der Waals surface area contributed by atoms with Crippen LogP contribution >= 0.6 is 0 Å². The van der Waals surface area contributed by atoms with Gasteiger partial charge in [0.05, 0.1) is 16.9 Å². The van der Waals surface area contributed by atoms with Crippen LogP contribution in [0.1, 0.15) is 24.4 Å². The van der Waals surface area contributed by atoms with Crippen molar-refractivity contribution < 1.29 is 31.8 Å². The van der Waals surface area contributed by atoms with Crippen LogP contribution in [0.15, 0.2) is 56.8 Å². The highest BCUT2D eigenvalue weighted by atomic mass is 127. The van der Waals surface area contributed by atoms with Crippen molar-refractivity contribution in [2.45, 2.75) is 25.8 Å². The highest BCUT2D eigenvalue weighted by Crippen LogP contribution is 2.34. The fourth-order valence-corrected chi connectivity index (χ4v) is 5.59. The lowest BCUT2D eigenvalue weighted by Crippen LogP contribution is -3.34. The summed E-state index contributed by atoms with van der Waals surface area (Å²) in [5.41, 5.74) is -0.132. The first-order valence-corrected chi connectivity index (χ1v) is 13.6. The Kier molecular flexibility index (Phi) is 6.08. The van der Waals surface area contributed by atoms with Crippen molar-refractivity contribution in [2.75, 3.05) is 23.3 Å². The Labute approximate surface area is 234 Å². The molecule has 3 heterocycles. The number of amides is 2. The van der Waals surface area contributed by atoms with Gasteiger partial charge in [0, 0.05) is 43.5 Å². The number of halogens is 2. The van der Waals surface area contributed by atoms with E-state index in [1.54, 1.807) is 70.8 Å². The molecule has 4 aromatic rings. The number of nitrogens with zero attached hydrogens (tertiary/aromatic N) is 4. The molecule has 200 valence electrons. The number of carbonyl (C=O) groups is 1. The van der Waals surface area contributed by atoms with E-state index in [-0.39, 0.29) is 40.0 Å². The monoisotopic (exact) mass is 643 g/mol. The van der Waals surface area contributed by atoms with Gasteiger partial charge in [-0.3, -0.25) is 28.2 Å². The van der Waals surface area contributed by atoms with Gasteiger partial charge in [0.25, 0.3) is 33.7 Å². The lowest BCUT2D eigenvalue weighted by atomic mass is 10.1. The number of fused-ring (bicyclic) bond motifs is 1. The van der Waals surface area contributed by atoms with Crippen LogP contribution in [0.5, 0.6) is 0 Å². The van der Waals surface area contributed by atoms with Crippen molar-refractivity contribution in [3.05, 3.63) is 88.6 Å². The molecular weight excluding hydrogens is 618 g/mol. The largest absolute Gasteiger partial charge is 0.338 e. The van der Waals surface area contributed by atoms with Crippen molar-refractivity contribution in [1.29, 1.82) is 0 Å². The molecule has 2 aromatic heterocycles. The van der Waals surface area contributed by atoms with Gasteiger partial charge in [0.2, 0.25) is 0 Å². The third-order valence-electron chi connectivity index (χ3n) is 7.21. The average Bonchev–Trinajstić information content (AvgIpc) is 3.65. The van der Waals surface area contributed by atoms with Crippen LogP contribution in [0.2, 0.25) is 0 Å². The van der Waals surface area contributed by atoms with Gasteiger partial charge in [0.1, 0.15) is 11.2 Å². The molecule has 1 saturated heterocycles. The molecule has 2 amide bonds. The smallest absolute Gasteiger partial charge is 0.336 e. The van der Waals surface area contributed by atoms with Gasteiger partial charge in [-0.05, 0) is 50.1 Å². The summed E-state index contributed by atoms with van der Waals surface area (Å²) < 4.78 is 19.5. The number of hydrogen-bond acceptors (Lipinski definition) is 5. The van der Waals surface area contributed by atoms with Gasteiger partial charge in [-0.25, -0.2) is 14.0 Å². The number of carbonyl (C=O) groups excluding carboxylic acids is 1. The summed E-state index contributed by atoms with van der Waals surface area (Å²) in [4.78, 5) is 55.2. The molecule has 10 nitrogen and oxygen atoms in total. The van der Waals surface area contributed by atoms with E-state index < -0.39 is 22.6 Å². The first-order valence-electron chi connectivity index (χ1n) is 12.5. The lowest BCUT2D eigenvalue weighted by Gasteiger charge is -2.21. The summed E-state index contributed by atoms with van der Waals surface area (Å²) in [5, 5.41) is 5.83. The topological polar surface area (TPSA) is 110 Å². The number of benzene rings is 2. The first-order chi connectivity index (χ1) is 18.7. The van der Waals surface area contributed by atoms with Crippen LogP contribution in [0.4, 0.5) is 26.4 Å². The minimum Gasteiger partial charge on any atom is -0.338 e. The summed E-state index contributed by atoms with van der Waals surface area (Å²) in [5.74, 6) is -0.446. The number of nitrogens with one attached hydrogen (secondary N) is 2. The second-order valence-electron chi connectivity index (χ2n) is 9.76. The second-order valence-corrected chi connectivity index (χ2v) is 11.1. The fourth-order valence-electron chi connectivity index (χ4n) is 5.10. The van der Waals surface area contributed by atoms with E-state index in [0.29, 0.717) is 37.3 Å². The molecule has 0 spiro atoms. The normalized spacial score (nSPS) is 15.2. The first kappa shape index (κ1) is 25.3. The van der Waals surface area contributed by atoms with Crippen LogP contribution in [-0.4, -0.2) is 32.8 Å². The zero-order valence-electron chi connectivity index (χ0n) is 21.2. The third kappa shape index (κ3) is 4.13. The van der Waals surface area contributed by atoms with Gasteiger partial charge in [-0.2, -0.15) is 0 Å². The predicted molar refractivity (Wildman–Crippen MR) is 143 cm³/mol. The molecule has 0 unspecified atom stereocenters. The van der Waals surface area contributed by atoms with Crippen LogP contribution in [-0.2, 0) is 7.05 Å². The number of pyridine rings is 1. The van der Waals surface area contributed by atoms with Gasteiger partial charge < -0.3 is 10.6 Å². The summed E-state index contributed by atoms with van der Waals surface area (Å²) in [7, 11) is 1.51. The van der Waals surface area contributed by atoms with Crippen LogP contribution in [0.25, 0.3) is 16.6 Å². The molecule has 1 aliphatic heterocycles. The Morgan fingerprint density at radius 1 is 1.03 bits per heavy atom. The Hall–Kier alpha value is -3.94. The van der Waals surface area contributed by atoms with E-state index in [1.807, 2.05) is 0 Å². The Morgan fingerprint density at radius 2 is 1.77 bits per heavy atom. The Balaban J connectivity index is 1.69. The minimum atomic E-state index is -0.567. The van der Waals surface area contributed by atoms with E-state index >= 15 is 0 Å². The molecular formula is C27H25FIN6O4+. The van der Waals surface area contributed by atoms with Crippen molar-refractivity contribution >= 4 is 34.1 Å². The molecule has 0 atom stereocenters. The average molecular weight is 643 g/mol. The van der Waals surface area contributed by atoms with Gasteiger partial charge in [0.15, 0.2) is 9.39 Å². The van der Waals surface area contributed by atoms with Crippen molar-refractivity contribution in [1.82, 2.24) is 19.0 Å². The molecule has 1 saturated carbocycles. The maximum Gasteiger partial charge on any atom is 0.336 e. The molecule has 0 radical (unpaired) electrons. The number of rotatable bonds is 5. The zero-order valence-corrected chi connectivity index (χ0v) is 23.5. The van der Waals surface area contributed by atoms with Crippen LogP contribution in [0, 0.1) is 16.3 Å². The number of anilines is 3. The molecule has 2 N–H and O–H groups in total. The summed E-state index contributed by atoms with van der Waals surface area (Å²) >= 11 is 1.68. The number of aryl methyl sites for hydroxylation is 1. The lowest BCUT2D eigenvalue weighted by molar-refractivity contribution is -0.328. The maximum absolute atomic E-state index is 14.9. The molecule has 2 aromatic carbocycles. The Bertz CT molecular complexity index is 1870. The van der Waals surface area contributed by atoms with E-state index in [2.05, 4.69) is 10.6 Å². The zero-order chi connectivity index (χ0) is 27.6. The van der Waals surface area contributed by atoms with Crippen molar-refractivity contribution in [3.8, 4) is 5.69 Å². The predicted octanol–water partition coefficient (Wildman–Crippen LogP) is -0.638. The number of aromatic nitrogens is 3. The second kappa shape index (κ2) is 9.36. The van der Waals surface area contributed by atoms with Crippen LogP contribution in [0.3, 0.4) is 0 Å². The SMILES string of the molecule is Cc1c(=O)n(C)c(Nc2ccc([IH+])cc2F)c2c(=O)n(C3CC3)c(=O)n(-c3cccc(N4CCNC4=O)c3)c12. The molecule has 1 aliphatic carbocycles. The van der Waals surface area contributed by atoms with Gasteiger partial charge in [-0.1, -0.05) is 6.07 Å². The minimum absolute atomic E-state index is 0.0902. The van der Waals surface area contributed by atoms with Gasteiger partial charge in [-0.15, -0.1) is 0 Å². The highest BCUT2D eigenvalue weighted by molar-refractivity contribution is 5.95. The summed E-state index contributed by atoms with van der Waals surface area (Å²) in [6.07, 6.45) is 1.35. The van der Waals surface area contributed by atoms with E-state index in [1.165, 1.54) is 26.8 Å². The molecule has 39 heavy (non-hydrogen) atoms. The molecule has 2 fully saturated rings. The van der Waals surface area contributed by atoms with E-state index in [9.17, 15) is 23.6 Å². The molecule has 2 aliphatic rings. The highest BCUT2D eigenvalue weighted by Gasteiger charge is 2.32. The number of urea groups is 1. The van der Waals surface area contributed by atoms with Gasteiger partial charge >= 0.3 is 11.7 Å². The Morgan fingerprint density at radius 3 is 2.44 bits per heavy atom. The van der Waals surface area contributed by atoms with Crippen molar-refractivity contribution in [3.63, 3.8) is 0 Å². The summed E-state index contributed by atoms with van der Waals surface area (Å²) in [6, 6.07) is 11.0. The quantitative estimate of drug-likeness (QED) is 0.282. The third-order valence-corrected chi connectivity index (χ3v) is 7.93. The van der Waals surface area contributed by atoms with Crippen molar-refractivity contribution in [2.24, 2.45) is 7.05 Å². The molecule has 12 heteroatoms. The summed E-state index contributed by atoms with van der Waals surface area (Å²) in [6.45, 7) is 2.53. The standard InChI is InChI=1S/C27H24FIN6O4/c1-14-22-21(23(32(2)24(14)36)31-20-9-6-15(29)12-19(20)28)25(37)35(16-7-8-16)27(39)34(22)18-5-3-4-17(13-18)33-11-10-30-26(33)38/h3-6,9,12-13,16,29H,7-8,10-11H2,1-2H3,(H-,30,31,36,37,38)/p+1. The van der Waals surface area contributed by atoms with E-state index in [0.717, 1.165) is 3.57 Å². The van der Waals surface area contributed by atoms with Crippen LogP contribution < -0.4 is 54.9 Å². The number of hydrogen-bond donors (Lipinski definition) is 2. The maximum atomic E-state index is 14.9. The fraction of sp³-hybridized carbons (Fsp3) is 0.259. The van der Waals surface area contributed by atoms with E-state index in [4.69, 9.17) is 0 Å². The molecule has 6 rings (SSSR count). The molecule has 0 bridgehead atoms.